The first-order valence-electron chi connectivity index (χ1n) is 12.7. The van der Waals surface area contributed by atoms with Crippen molar-refractivity contribution >= 4 is 18.0 Å². The number of carbonyl (C=O) groups is 3. The van der Waals surface area contributed by atoms with Crippen molar-refractivity contribution in [2.45, 2.75) is 62.6 Å². The minimum atomic E-state index is -0.835. The number of amides is 2. The number of alkyl carbamates (subject to hydrolysis) is 1. The van der Waals surface area contributed by atoms with Gasteiger partial charge in [0, 0.05) is 18.0 Å². The first-order valence-corrected chi connectivity index (χ1v) is 12.7. The van der Waals surface area contributed by atoms with E-state index in [4.69, 9.17) is 4.74 Å². The van der Waals surface area contributed by atoms with Crippen LogP contribution in [0, 0.1) is 11.8 Å². The fourth-order valence-electron chi connectivity index (χ4n) is 6.47. The zero-order valence-electron chi connectivity index (χ0n) is 19.6. The van der Waals surface area contributed by atoms with E-state index >= 15 is 0 Å². The second-order valence-corrected chi connectivity index (χ2v) is 10.4. The number of carboxylic acid groups (broad SMARTS) is 1. The molecule has 0 spiro atoms. The molecule has 6 rings (SSSR count). The van der Waals surface area contributed by atoms with Gasteiger partial charge >= 0.3 is 12.1 Å². The van der Waals surface area contributed by atoms with Crippen molar-refractivity contribution in [1.29, 1.82) is 0 Å². The van der Waals surface area contributed by atoms with Crippen LogP contribution in [-0.2, 0) is 14.3 Å². The highest BCUT2D eigenvalue weighted by atomic mass is 16.5. The fourth-order valence-corrected chi connectivity index (χ4v) is 6.47. The van der Waals surface area contributed by atoms with E-state index in [1.54, 1.807) is 4.90 Å². The molecule has 2 heterocycles. The molecule has 2 aliphatic heterocycles. The van der Waals surface area contributed by atoms with Crippen molar-refractivity contribution in [3.05, 3.63) is 59.7 Å². The number of aliphatic carboxylic acids is 1. The van der Waals surface area contributed by atoms with Gasteiger partial charge < -0.3 is 20.1 Å². The van der Waals surface area contributed by atoms with Crippen LogP contribution in [0.25, 0.3) is 11.1 Å². The summed E-state index contributed by atoms with van der Waals surface area (Å²) in [6, 6.07) is 15.4. The third-order valence-corrected chi connectivity index (χ3v) is 8.31. The summed E-state index contributed by atoms with van der Waals surface area (Å²) in [6.07, 6.45) is 4.16. The Morgan fingerprint density at radius 2 is 1.63 bits per heavy atom. The van der Waals surface area contributed by atoms with E-state index in [9.17, 15) is 19.5 Å². The second-order valence-electron chi connectivity index (χ2n) is 10.4. The largest absolute Gasteiger partial charge is 0.481 e. The molecular formula is C28H30N2O5. The molecule has 35 heavy (non-hydrogen) atoms. The van der Waals surface area contributed by atoms with E-state index in [0.29, 0.717) is 25.2 Å². The lowest BCUT2D eigenvalue weighted by Gasteiger charge is -2.28. The van der Waals surface area contributed by atoms with Crippen molar-refractivity contribution in [1.82, 2.24) is 10.2 Å². The normalized spacial score (nSPS) is 25.1. The number of carboxylic acids is 1. The van der Waals surface area contributed by atoms with E-state index in [1.165, 1.54) is 0 Å². The predicted octanol–water partition coefficient (Wildman–Crippen LogP) is 4.16. The lowest BCUT2D eigenvalue weighted by molar-refractivity contribution is -0.143. The maximum atomic E-state index is 13.5. The molecule has 0 aromatic heterocycles. The molecular weight excluding hydrogens is 444 g/mol. The van der Waals surface area contributed by atoms with Gasteiger partial charge in [0.1, 0.15) is 12.6 Å². The van der Waals surface area contributed by atoms with Crippen LogP contribution in [0.3, 0.4) is 0 Å². The van der Waals surface area contributed by atoms with Gasteiger partial charge in [-0.05, 0) is 53.9 Å². The quantitative estimate of drug-likeness (QED) is 0.628. The summed E-state index contributed by atoms with van der Waals surface area (Å²) >= 11 is 0. The lowest BCUT2D eigenvalue weighted by atomic mass is 9.89. The summed E-state index contributed by atoms with van der Waals surface area (Å²) in [6.45, 7) is 0.195. The Balaban J connectivity index is 1.14. The Morgan fingerprint density at radius 1 is 0.971 bits per heavy atom. The molecule has 2 amide bonds. The molecule has 0 radical (unpaired) electrons. The summed E-state index contributed by atoms with van der Waals surface area (Å²) in [4.78, 5) is 39.8. The first-order chi connectivity index (χ1) is 17.0. The topological polar surface area (TPSA) is 95.9 Å². The number of ether oxygens (including phenoxy) is 1. The van der Waals surface area contributed by atoms with Crippen LogP contribution in [0.2, 0.25) is 0 Å². The Hall–Kier alpha value is -3.35. The molecule has 1 saturated carbocycles. The molecule has 7 heteroatoms. The van der Waals surface area contributed by atoms with E-state index in [0.717, 1.165) is 41.5 Å². The van der Waals surface area contributed by atoms with Gasteiger partial charge in [-0.2, -0.15) is 0 Å². The predicted molar refractivity (Wildman–Crippen MR) is 129 cm³/mol. The number of hydrogen-bond donors (Lipinski definition) is 2. The van der Waals surface area contributed by atoms with Gasteiger partial charge in [-0.15, -0.1) is 0 Å². The second kappa shape index (κ2) is 8.70. The Bertz CT molecular complexity index is 1130. The number of benzene rings is 2. The van der Waals surface area contributed by atoms with Gasteiger partial charge in [-0.3, -0.25) is 9.59 Å². The molecule has 2 aromatic carbocycles. The molecule has 3 fully saturated rings. The highest BCUT2D eigenvalue weighted by Crippen LogP contribution is 2.45. The van der Waals surface area contributed by atoms with Crippen molar-refractivity contribution in [3.8, 4) is 11.1 Å². The van der Waals surface area contributed by atoms with Crippen molar-refractivity contribution in [2.24, 2.45) is 11.8 Å². The number of nitrogens with zero attached hydrogens (tertiary/aromatic N) is 1. The summed E-state index contributed by atoms with van der Waals surface area (Å²) < 4.78 is 5.70. The third kappa shape index (κ3) is 3.97. The molecule has 4 atom stereocenters. The molecule has 2 saturated heterocycles. The van der Waals surface area contributed by atoms with E-state index in [1.807, 2.05) is 24.3 Å². The smallest absolute Gasteiger partial charge is 0.407 e. The van der Waals surface area contributed by atoms with E-state index in [-0.39, 0.29) is 30.5 Å². The Kier molecular flexibility index (Phi) is 5.50. The highest BCUT2D eigenvalue weighted by molar-refractivity contribution is 5.88. The first kappa shape index (κ1) is 22.1. The zero-order valence-corrected chi connectivity index (χ0v) is 19.6. The number of rotatable bonds is 7. The lowest BCUT2D eigenvalue weighted by Crippen LogP contribution is -2.51. The van der Waals surface area contributed by atoms with Crippen LogP contribution in [-0.4, -0.2) is 52.7 Å². The van der Waals surface area contributed by atoms with Crippen molar-refractivity contribution < 1.29 is 24.2 Å². The van der Waals surface area contributed by atoms with Crippen LogP contribution < -0.4 is 5.32 Å². The average molecular weight is 475 g/mol. The molecule has 2 aromatic rings. The number of nitrogens with one attached hydrogen (secondary N) is 1. The van der Waals surface area contributed by atoms with Crippen LogP contribution in [0.4, 0.5) is 4.79 Å². The Labute approximate surface area is 204 Å². The van der Waals surface area contributed by atoms with Gasteiger partial charge in [0.05, 0.1) is 5.92 Å². The van der Waals surface area contributed by atoms with Crippen LogP contribution >= 0.6 is 0 Å². The third-order valence-electron chi connectivity index (χ3n) is 8.31. The summed E-state index contributed by atoms with van der Waals surface area (Å²) in [5.41, 5.74) is 4.61. The van der Waals surface area contributed by atoms with Crippen molar-refractivity contribution in [3.63, 3.8) is 0 Å². The maximum absolute atomic E-state index is 13.5. The highest BCUT2D eigenvalue weighted by Gasteiger charge is 2.52. The number of carbonyl (C=O) groups excluding carboxylic acids is 2. The standard InChI is InChI=1S/C28H30N2O5/c31-26(30-17-11-12-25(30)22(14-17)27(32)33)24(13-16-9-10-16)29-28(34)35-15-23-20-7-3-1-5-18(20)19-6-2-4-8-21(19)23/h1-8,16-17,22-25H,9-15H2,(H,29,34)(H,32,33)/t17-,22+,24-,25+/m0/s1. The van der Waals surface area contributed by atoms with Gasteiger partial charge in [0.2, 0.25) is 5.91 Å². The molecule has 2 aliphatic carbocycles. The summed E-state index contributed by atoms with van der Waals surface area (Å²) in [5, 5.41) is 12.4. The zero-order chi connectivity index (χ0) is 24.1. The monoisotopic (exact) mass is 474 g/mol. The van der Waals surface area contributed by atoms with Crippen LogP contribution in [0.5, 0.6) is 0 Å². The molecule has 2 bridgehead atoms. The fraction of sp³-hybridized carbons (Fsp3) is 0.464. The van der Waals surface area contributed by atoms with Crippen LogP contribution in [0.15, 0.2) is 48.5 Å². The number of hydrogen-bond acceptors (Lipinski definition) is 4. The average Bonchev–Trinajstić information content (AvgIpc) is 3.36. The molecule has 182 valence electrons. The summed E-state index contributed by atoms with van der Waals surface area (Å²) in [7, 11) is 0. The minimum Gasteiger partial charge on any atom is -0.481 e. The van der Waals surface area contributed by atoms with E-state index < -0.39 is 24.0 Å². The Morgan fingerprint density at radius 3 is 2.23 bits per heavy atom. The summed E-state index contributed by atoms with van der Waals surface area (Å²) in [5.74, 6) is -1.11. The van der Waals surface area contributed by atoms with Gasteiger partial charge in [-0.1, -0.05) is 61.4 Å². The van der Waals surface area contributed by atoms with Gasteiger partial charge in [0.25, 0.3) is 0 Å². The van der Waals surface area contributed by atoms with Gasteiger partial charge in [-0.25, -0.2) is 4.79 Å². The number of fused-ring (bicyclic) bond motifs is 5. The molecule has 2 N–H and O–H groups in total. The van der Waals surface area contributed by atoms with Crippen LogP contribution in [0.1, 0.15) is 55.6 Å². The molecule has 7 nitrogen and oxygen atoms in total. The molecule has 4 aliphatic rings. The minimum absolute atomic E-state index is 0.0420. The SMILES string of the molecule is O=C(N[C@@H](CC1CC1)C(=O)N1[C@H]2CC[C@@H]1[C@H](C(=O)O)C2)OCC1c2ccccc2-c2ccccc21. The maximum Gasteiger partial charge on any atom is 0.407 e. The van der Waals surface area contributed by atoms with E-state index in [2.05, 4.69) is 29.6 Å². The van der Waals surface area contributed by atoms with Crippen molar-refractivity contribution in [2.75, 3.05) is 6.61 Å². The van der Waals surface area contributed by atoms with Gasteiger partial charge in [0.15, 0.2) is 0 Å². The molecule has 0 unspecified atom stereocenters.